The summed E-state index contributed by atoms with van der Waals surface area (Å²) in [6.07, 6.45) is 2.76. The van der Waals surface area contributed by atoms with Gasteiger partial charge >= 0.3 is 37.7 Å². The van der Waals surface area contributed by atoms with Crippen LogP contribution < -0.4 is 37.7 Å². The molecule has 0 aromatic heterocycles. The maximum Gasteiger partial charge on any atom is 1.00 e. The van der Waals surface area contributed by atoms with Crippen LogP contribution >= 0.6 is 11.1 Å². The van der Waals surface area contributed by atoms with Crippen LogP contribution in [-0.2, 0) is 0 Å². The van der Waals surface area contributed by atoms with Crippen LogP contribution in [0.1, 0.15) is 13.3 Å². The number of rotatable bonds is 7. The van der Waals surface area contributed by atoms with E-state index in [0.717, 1.165) is 19.0 Å². The van der Waals surface area contributed by atoms with Gasteiger partial charge in [0.05, 0.1) is 0 Å². The van der Waals surface area contributed by atoms with E-state index in [1.807, 2.05) is 0 Å². The fourth-order valence-electron chi connectivity index (χ4n) is 1.36. The molecule has 0 aromatic carbocycles. The normalized spacial score (nSPS) is 12.3. The van der Waals surface area contributed by atoms with Crippen molar-refractivity contribution in [3.05, 3.63) is 18.0 Å². The second-order valence-corrected chi connectivity index (χ2v) is 10.9. The van der Waals surface area contributed by atoms with E-state index in [2.05, 4.69) is 25.3 Å². The summed E-state index contributed by atoms with van der Waals surface area (Å²) >= 11 is 6.28. The van der Waals surface area contributed by atoms with Crippen molar-refractivity contribution in [1.29, 1.82) is 0 Å². The Hall–Kier alpha value is 1.40. The van der Waals surface area contributed by atoms with Gasteiger partial charge in [0, 0.05) is 0 Å². The molecule has 0 bridgehead atoms. The van der Waals surface area contributed by atoms with Gasteiger partial charge < -0.3 is 11.9 Å². The summed E-state index contributed by atoms with van der Waals surface area (Å²) in [5.74, 6) is 0.652. The third-order valence-electron chi connectivity index (χ3n) is 1.97. The fraction of sp³-hybridized carbons (Fsp3) is 0.800. The summed E-state index contributed by atoms with van der Waals surface area (Å²) in [5.41, 5.74) is 0. The second kappa shape index (κ2) is 11.9. The zero-order valence-electron chi connectivity index (χ0n) is 10.9. The molecule has 0 spiro atoms. The molecule has 0 fully saturated rings. The van der Waals surface area contributed by atoms with Gasteiger partial charge in [0.1, 0.15) is 0 Å². The third-order valence-corrected chi connectivity index (χ3v) is 3.98. The molecular weight excluding hydrogens is 212 g/mol. The average Bonchev–Trinajstić information content (AvgIpc) is 2.01. The van der Waals surface area contributed by atoms with Gasteiger partial charge in [-0.2, -0.15) is 17.6 Å². The Morgan fingerprint density at radius 3 is 2.27 bits per heavy atom. The molecule has 0 aliphatic rings. The third kappa shape index (κ3) is 15.4. The van der Waals surface area contributed by atoms with E-state index >= 15 is 0 Å². The van der Waals surface area contributed by atoms with E-state index in [1.54, 1.807) is 6.08 Å². The number of hydrogen-bond donors (Lipinski definition) is 0. The number of hydrogen-bond acceptors (Lipinski definition) is 0. The van der Waals surface area contributed by atoms with Gasteiger partial charge in [0.2, 0.25) is 0 Å². The van der Waals surface area contributed by atoms with E-state index in [4.69, 9.17) is 17.7 Å². The standard InChI is InChI=1S/C10H20ClNSi.2Li/c1-5-7-12-8-10(6-2)9-13(3,4)11;;/h1,5,10H,6-9H2,2-4H3;;/q-2;2*+1. The quantitative estimate of drug-likeness (QED) is 0.205. The van der Waals surface area contributed by atoms with Crippen LogP contribution in [0.5, 0.6) is 0 Å². The molecule has 0 aliphatic heterocycles. The zero-order chi connectivity index (χ0) is 10.3. The Labute approximate surface area is 125 Å². The molecule has 5 heteroatoms. The molecule has 15 heavy (non-hydrogen) atoms. The van der Waals surface area contributed by atoms with Gasteiger partial charge in [-0.05, 0) is 6.04 Å². The zero-order valence-corrected chi connectivity index (χ0v) is 12.6. The summed E-state index contributed by atoms with van der Waals surface area (Å²) in [6.45, 7) is 13.4. The van der Waals surface area contributed by atoms with Crippen molar-refractivity contribution in [1.82, 2.24) is 0 Å². The van der Waals surface area contributed by atoms with Crippen molar-refractivity contribution < 1.29 is 37.7 Å². The van der Waals surface area contributed by atoms with Gasteiger partial charge in [-0.1, -0.05) is 32.4 Å². The van der Waals surface area contributed by atoms with Gasteiger partial charge in [-0.25, -0.2) is 0 Å². The minimum atomic E-state index is -1.43. The predicted octanol–water partition coefficient (Wildman–Crippen LogP) is -2.17. The predicted molar refractivity (Wildman–Crippen MR) is 63.9 cm³/mol. The van der Waals surface area contributed by atoms with Crippen LogP contribution in [0.4, 0.5) is 0 Å². The van der Waals surface area contributed by atoms with Crippen LogP contribution in [0.3, 0.4) is 0 Å². The van der Waals surface area contributed by atoms with E-state index < -0.39 is 7.38 Å². The van der Waals surface area contributed by atoms with Crippen LogP contribution in [-0.4, -0.2) is 20.5 Å². The summed E-state index contributed by atoms with van der Waals surface area (Å²) in [4.78, 5) is 0. The van der Waals surface area contributed by atoms with Crippen molar-refractivity contribution >= 4 is 18.5 Å². The number of nitrogens with zero attached hydrogens (tertiary/aromatic N) is 1. The molecule has 1 unspecified atom stereocenters. The topological polar surface area (TPSA) is 14.1 Å². The van der Waals surface area contributed by atoms with Crippen molar-refractivity contribution in [2.24, 2.45) is 5.92 Å². The molecule has 0 saturated carbocycles. The van der Waals surface area contributed by atoms with E-state index in [0.29, 0.717) is 12.5 Å². The summed E-state index contributed by atoms with van der Waals surface area (Å²) in [6, 6.07) is 1.15. The van der Waals surface area contributed by atoms with Gasteiger partial charge in [-0.3, -0.25) is 6.08 Å². The Morgan fingerprint density at radius 1 is 1.40 bits per heavy atom. The van der Waals surface area contributed by atoms with E-state index in [1.165, 1.54) is 0 Å². The SMILES string of the molecule is [CH-]=CC[N-]CC(CC)C[Si](C)(C)Cl.[Li+].[Li+]. The summed E-state index contributed by atoms with van der Waals surface area (Å²) in [7, 11) is -1.43. The van der Waals surface area contributed by atoms with Crippen molar-refractivity contribution in [3.8, 4) is 0 Å². The molecule has 0 rings (SSSR count). The first-order valence-corrected chi connectivity index (χ1v) is 9.07. The van der Waals surface area contributed by atoms with Gasteiger partial charge in [0.25, 0.3) is 0 Å². The van der Waals surface area contributed by atoms with Crippen molar-refractivity contribution in [2.75, 3.05) is 13.1 Å². The van der Waals surface area contributed by atoms with Crippen LogP contribution in [0.15, 0.2) is 6.08 Å². The van der Waals surface area contributed by atoms with Gasteiger partial charge in [-0.15, -0.1) is 6.54 Å². The van der Waals surface area contributed by atoms with E-state index in [-0.39, 0.29) is 37.7 Å². The number of halogens is 1. The monoisotopic (exact) mass is 231 g/mol. The largest absolute Gasteiger partial charge is 1.00 e. The second-order valence-electron chi connectivity index (χ2n) is 4.02. The minimum Gasteiger partial charge on any atom is -0.661 e. The maximum atomic E-state index is 6.28. The first kappa shape index (κ1) is 21.7. The molecule has 0 aromatic rings. The first-order valence-electron chi connectivity index (χ1n) is 4.85. The Bertz CT molecular complexity index is 151. The maximum absolute atomic E-state index is 6.28. The van der Waals surface area contributed by atoms with E-state index in [9.17, 15) is 0 Å². The first-order chi connectivity index (χ1) is 5.99. The van der Waals surface area contributed by atoms with Crippen molar-refractivity contribution in [3.63, 3.8) is 0 Å². The Balaban J connectivity index is -0.000000720. The smallest absolute Gasteiger partial charge is 0.661 e. The Morgan fingerprint density at radius 2 is 1.93 bits per heavy atom. The fourth-order valence-corrected chi connectivity index (χ4v) is 3.80. The molecule has 0 amide bonds. The summed E-state index contributed by atoms with van der Waals surface area (Å²) in [5, 5.41) is 4.33. The molecular formula is C10H20ClLi2NSi. The summed E-state index contributed by atoms with van der Waals surface area (Å²) < 4.78 is 0. The van der Waals surface area contributed by atoms with Crippen LogP contribution in [0, 0.1) is 12.5 Å². The molecule has 78 valence electrons. The molecule has 0 saturated heterocycles. The van der Waals surface area contributed by atoms with Crippen LogP contribution in [0.2, 0.25) is 19.1 Å². The minimum absolute atomic E-state index is 0. The molecule has 1 atom stereocenters. The van der Waals surface area contributed by atoms with Crippen molar-refractivity contribution in [2.45, 2.75) is 32.5 Å². The molecule has 0 N–H and O–H groups in total. The Kier molecular flexibility index (Phi) is 17.1. The molecule has 0 radical (unpaired) electrons. The molecule has 1 nitrogen and oxygen atoms in total. The van der Waals surface area contributed by atoms with Gasteiger partial charge in [0.15, 0.2) is 7.38 Å². The molecule has 0 heterocycles. The average molecular weight is 232 g/mol. The molecule has 0 aliphatic carbocycles. The van der Waals surface area contributed by atoms with Crippen LogP contribution in [0.25, 0.3) is 5.32 Å².